The van der Waals surface area contributed by atoms with Crippen LogP contribution in [0.4, 0.5) is 11.6 Å². The van der Waals surface area contributed by atoms with Crippen LogP contribution in [0.3, 0.4) is 0 Å². The summed E-state index contributed by atoms with van der Waals surface area (Å²) < 4.78 is 5.48. The van der Waals surface area contributed by atoms with Gasteiger partial charge in [-0.2, -0.15) is 0 Å². The summed E-state index contributed by atoms with van der Waals surface area (Å²) in [5, 5.41) is 13.1. The molecule has 4 rings (SSSR count). The number of nitrogens with one attached hydrogen (secondary N) is 1. The maximum atomic E-state index is 9.53. The first-order valence-corrected chi connectivity index (χ1v) is 9.37. The van der Waals surface area contributed by atoms with Gasteiger partial charge in [-0.05, 0) is 43.2 Å². The third-order valence-corrected chi connectivity index (χ3v) is 5.60. The fourth-order valence-corrected chi connectivity index (χ4v) is 4.11. The predicted molar refractivity (Wildman–Crippen MR) is 102 cm³/mol. The van der Waals surface area contributed by atoms with E-state index in [0.717, 1.165) is 49.6 Å². The lowest BCUT2D eigenvalue weighted by Crippen LogP contribution is -2.35. The van der Waals surface area contributed by atoms with Gasteiger partial charge in [-0.15, -0.1) is 0 Å². The van der Waals surface area contributed by atoms with E-state index >= 15 is 0 Å². The van der Waals surface area contributed by atoms with E-state index in [1.807, 2.05) is 18.2 Å². The molecule has 1 atom stereocenters. The minimum Gasteiger partial charge on any atom is -0.496 e. The maximum absolute atomic E-state index is 9.53. The van der Waals surface area contributed by atoms with Gasteiger partial charge < -0.3 is 20.1 Å². The molecule has 2 aromatic rings. The number of hydrogen-bond acceptors (Lipinski definition) is 6. The van der Waals surface area contributed by atoms with Crippen LogP contribution in [-0.2, 0) is 0 Å². The summed E-state index contributed by atoms with van der Waals surface area (Å²) in [5.74, 6) is 3.27. The van der Waals surface area contributed by atoms with Crippen molar-refractivity contribution in [1.82, 2.24) is 9.97 Å². The first kappa shape index (κ1) is 17.1. The summed E-state index contributed by atoms with van der Waals surface area (Å²) in [7, 11) is 1.73. The van der Waals surface area contributed by atoms with Gasteiger partial charge in [0, 0.05) is 18.7 Å². The molecule has 2 fully saturated rings. The molecule has 0 bridgehead atoms. The number of ether oxygens (including phenoxy) is 1. The van der Waals surface area contributed by atoms with E-state index in [9.17, 15) is 5.11 Å². The molecule has 1 aliphatic heterocycles. The second-order valence-corrected chi connectivity index (χ2v) is 7.19. The fourth-order valence-electron chi connectivity index (χ4n) is 4.11. The average molecular weight is 354 g/mol. The highest BCUT2D eigenvalue weighted by Gasteiger charge is 2.32. The Kier molecular flexibility index (Phi) is 4.93. The number of rotatable bonds is 6. The van der Waals surface area contributed by atoms with Crippen molar-refractivity contribution in [3.05, 3.63) is 42.2 Å². The molecular formula is C20H26N4O2. The third kappa shape index (κ3) is 3.33. The monoisotopic (exact) mass is 354 g/mol. The summed E-state index contributed by atoms with van der Waals surface area (Å²) in [6.07, 6.45) is 5.87. The quantitative estimate of drug-likeness (QED) is 0.831. The summed E-state index contributed by atoms with van der Waals surface area (Å²) in [4.78, 5) is 11.0. The van der Waals surface area contributed by atoms with Crippen LogP contribution in [0.25, 0.3) is 0 Å². The van der Waals surface area contributed by atoms with Crippen molar-refractivity contribution in [2.24, 2.45) is 0 Å². The lowest BCUT2D eigenvalue weighted by atomic mass is 9.75. The van der Waals surface area contributed by atoms with E-state index in [-0.39, 0.29) is 12.6 Å². The zero-order chi connectivity index (χ0) is 17.9. The Morgan fingerprint density at radius 3 is 2.92 bits per heavy atom. The number of benzene rings is 1. The van der Waals surface area contributed by atoms with Crippen LogP contribution in [-0.4, -0.2) is 47.4 Å². The summed E-state index contributed by atoms with van der Waals surface area (Å²) in [6, 6.07) is 10.9. The van der Waals surface area contributed by atoms with Crippen molar-refractivity contribution in [2.45, 2.75) is 43.7 Å². The lowest BCUT2D eigenvalue weighted by Gasteiger charge is -2.37. The van der Waals surface area contributed by atoms with E-state index in [0.29, 0.717) is 12.0 Å². The average Bonchev–Trinajstić information content (AvgIpc) is 3.13. The van der Waals surface area contributed by atoms with Crippen LogP contribution >= 0.6 is 0 Å². The first-order valence-electron chi connectivity index (χ1n) is 9.37. The Balaban J connectivity index is 1.38. The van der Waals surface area contributed by atoms with Crippen molar-refractivity contribution >= 4 is 11.6 Å². The lowest BCUT2D eigenvalue weighted by molar-refractivity contribution is 0.266. The minimum absolute atomic E-state index is 0.177. The number of aliphatic hydroxyl groups is 1. The van der Waals surface area contributed by atoms with E-state index < -0.39 is 0 Å². The zero-order valence-corrected chi connectivity index (χ0v) is 15.1. The van der Waals surface area contributed by atoms with Gasteiger partial charge in [0.15, 0.2) is 0 Å². The van der Waals surface area contributed by atoms with Crippen LogP contribution < -0.4 is 15.0 Å². The van der Waals surface area contributed by atoms with Crippen LogP contribution in [0.15, 0.2) is 36.7 Å². The molecule has 1 aromatic carbocycles. The van der Waals surface area contributed by atoms with Gasteiger partial charge in [-0.3, -0.25) is 0 Å². The number of methoxy groups -OCH3 is 1. The first-order chi connectivity index (χ1) is 12.8. The Morgan fingerprint density at radius 1 is 1.27 bits per heavy atom. The molecule has 0 spiro atoms. The number of aliphatic hydroxyl groups excluding tert-OH is 1. The molecule has 2 aliphatic rings. The Hall–Kier alpha value is -2.34. The normalized spacial score (nSPS) is 25.0. The highest BCUT2D eigenvalue weighted by atomic mass is 16.5. The maximum Gasteiger partial charge on any atom is 0.134 e. The van der Waals surface area contributed by atoms with Crippen LogP contribution in [0.5, 0.6) is 5.75 Å². The fraction of sp³-hybridized carbons (Fsp3) is 0.500. The van der Waals surface area contributed by atoms with Crippen LogP contribution in [0.1, 0.15) is 37.2 Å². The van der Waals surface area contributed by atoms with Gasteiger partial charge in [0.1, 0.15) is 23.7 Å². The van der Waals surface area contributed by atoms with Crippen molar-refractivity contribution in [3.63, 3.8) is 0 Å². The largest absolute Gasteiger partial charge is 0.496 e. The molecule has 1 saturated heterocycles. The molecule has 1 aliphatic carbocycles. The third-order valence-electron chi connectivity index (χ3n) is 5.60. The molecule has 6 nitrogen and oxygen atoms in total. The SMILES string of the molecule is COc1ccccc1C1CC(Nc2cc(N3CCCC3CO)ncn2)C1. The highest BCUT2D eigenvalue weighted by Crippen LogP contribution is 2.42. The standard InChI is InChI=1S/C20H26N4O2/c1-26-18-7-3-2-6-17(18)14-9-15(10-14)23-19-11-20(22-13-21-19)24-8-4-5-16(24)12-25/h2-3,6-7,11,13-16,25H,4-5,8-10,12H2,1H3,(H,21,22,23). The molecule has 0 amide bonds. The van der Waals surface area contributed by atoms with Gasteiger partial charge in [-0.1, -0.05) is 18.2 Å². The van der Waals surface area contributed by atoms with Gasteiger partial charge in [0.25, 0.3) is 0 Å². The summed E-state index contributed by atoms with van der Waals surface area (Å²) >= 11 is 0. The number of nitrogens with zero attached hydrogens (tertiary/aromatic N) is 3. The molecule has 1 aromatic heterocycles. The summed E-state index contributed by atoms with van der Waals surface area (Å²) in [6.45, 7) is 1.12. The minimum atomic E-state index is 0.177. The molecule has 1 saturated carbocycles. The number of aromatic nitrogens is 2. The van der Waals surface area contributed by atoms with Crippen LogP contribution in [0.2, 0.25) is 0 Å². The topological polar surface area (TPSA) is 70.5 Å². The van der Waals surface area contributed by atoms with E-state index in [1.165, 1.54) is 5.56 Å². The van der Waals surface area contributed by atoms with E-state index in [4.69, 9.17) is 4.74 Å². The number of anilines is 2. The summed E-state index contributed by atoms with van der Waals surface area (Å²) in [5.41, 5.74) is 1.29. The molecular weight excluding hydrogens is 328 g/mol. The highest BCUT2D eigenvalue weighted by molar-refractivity contribution is 5.51. The molecule has 26 heavy (non-hydrogen) atoms. The molecule has 6 heteroatoms. The van der Waals surface area contributed by atoms with Gasteiger partial charge in [-0.25, -0.2) is 9.97 Å². The molecule has 1 unspecified atom stereocenters. The molecule has 138 valence electrons. The number of hydrogen-bond donors (Lipinski definition) is 2. The smallest absolute Gasteiger partial charge is 0.134 e. The Labute approximate surface area is 154 Å². The van der Waals surface area contributed by atoms with Crippen molar-refractivity contribution < 1.29 is 9.84 Å². The Bertz CT molecular complexity index is 748. The Morgan fingerprint density at radius 2 is 2.12 bits per heavy atom. The van der Waals surface area contributed by atoms with Gasteiger partial charge in [0.2, 0.25) is 0 Å². The van der Waals surface area contributed by atoms with E-state index in [2.05, 4.69) is 32.3 Å². The predicted octanol–water partition coefficient (Wildman–Crippen LogP) is 2.80. The van der Waals surface area contributed by atoms with Gasteiger partial charge >= 0.3 is 0 Å². The zero-order valence-electron chi connectivity index (χ0n) is 15.1. The van der Waals surface area contributed by atoms with Crippen molar-refractivity contribution in [3.8, 4) is 5.75 Å². The van der Waals surface area contributed by atoms with E-state index in [1.54, 1.807) is 13.4 Å². The second kappa shape index (κ2) is 7.50. The number of para-hydroxylation sites is 1. The van der Waals surface area contributed by atoms with Crippen molar-refractivity contribution in [2.75, 3.05) is 30.5 Å². The molecule has 2 heterocycles. The van der Waals surface area contributed by atoms with Gasteiger partial charge in [0.05, 0.1) is 19.8 Å². The second-order valence-electron chi connectivity index (χ2n) is 7.19. The molecule has 0 radical (unpaired) electrons. The van der Waals surface area contributed by atoms with Crippen molar-refractivity contribution in [1.29, 1.82) is 0 Å². The van der Waals surface area contributed by atoms with Crippen LogP contribution in [0, 0.1) is 0 Å². The molecule has 2 N–H and O–H groups in total.